The van der Waals surface area contributed by atoms with Gasteiger partial charge in [-0.15, -0.1) is 0 Å². The number of benzene rings is 2. The second-order valence-electron chi connectivity index (χ2n) is 10.1. The fourth-order valence-electron chi connectivity index (χ4n) is 5.39. The zero-order valence-electron chi connectivity index (χ0n) is 19.8. The highest BCUT2D eigenvalue weighted by Crippen LogP contribution is 2.44. The first kappa shape index (κ1) is 23.4. The highest BCUT2D eigenvalue weighted by molar-refractivity contribution is 5.86. The van der Waals surface area contributed by atoms with Crippen LogP contribution in [0.4, 0.5) is 4.79 Å². The summed E-state index contributed by atoms with van der Waals surface area (Å²) in [7, 11) is 0. The van der Waals surface area contributed by atoms with E-state index in [1.807, 2.05) is 24.3 Å². The molecule has 2 aromatic rings. The van der Waals surface area contributed by atoms with Crippen LogP contribution >= 0.6 is 0 Å². The molecule has 1 saturated heterocycles. The Balaban J connectivity index is 1.16. The number of carboxylic acids is 1. The second-order valence-corrected chi connectivity index (χ2v) is 10.1. The van der Waals surface area contributed by atoms with Gasteiger partial charge in [0.2, 0.25) is 5.91 Å². The van der Waals surface area contributed by atoms with Crippen LogP contribution in [0.25, 0.3) is 11.1 Å². The number of carboxylic acid groups (broad SMARTS) is 1. The van der Waals surface area contributed by atoms with Crippen LogP contribution in [0.5, 0.6) is 0 Å². The standard InChI is InChI=1S/C28H32N2O5/c31-26(32)11-5-6-19-15-30(16-19)27(33)25(14-18-12-13-18)29-28(34)35-17-24-22-9-3-1-7-20(22)21-8-2-4-10-23(21)24/h1-4,7-10,18-19,24-25H,5-6,11-17H2,(H,29,34)(H,31,32)/t25-/m0/s1. The van der Waals surface area contributed by atoms with E-state index in [4.69, 9.17) is 9.84 Å². The van der Waals surface area contributed by atoms with Gasteiger partial charge in [-0.3, -0.25) is 9.59 Å². The molecule has 1 aliphatic heterocycles. The number of rotatable bonds is 10. The number of alkyl carbamates (subject to hydrolysis) is 1. The Morgan fingerprint density at radius 3 is 2.20 bits per heavy atom. The third kappa shape index (κ3) is 5.34. The van der Waals surface area contributed by atoms with Crippen molar-refractivity contribution < 1.29 is 24.2 Å². The Kier molecular flexibility index (Phi) is 6.75. The van der Waals surface area contributed by atoms with Crippen LogP contribution in [0.3, 0.4) is 0 Å². The lowest BCUT2D eigenvalue weighted by Gasteiger charge is -2.41. The summed E-state index contributed by atoms with van der Waals surface area (Å²) in [6.45, 7) is 1.48. The molecular formula is C28H32N2O5. The highest BCUT2D eigenvalue weighted by Gasteiger charge is 2.38. The fraction of sp³-hybridized carbons (Fsp3) is 0.464. The molecule has 2 amide bonds. The first-order valence-corrected chi connectivity index (χ1v) is 12.6. The van der Waals surface area contributed by atoms with Gasteiger partial charge in [0.25, 0.3) is 0 Å². The molecule has 2 fully saturated rings. The minimum absolute atomic E-state index is 0.0207. The number of carbonyl (C=O) groups is 3. The van der Waals surface area contributed by atoms with Crippen molar-refractivity contribution in [1.29, 1.82) is 0 Å². The Morgan fingerprint density at radius 1 is 0.971 bits per heavy atom. The van der Waals surface area contributed by atoms with Gasteiger partial charge in [-0.25, -0.2) is 4.79 Å². The van der Waals surface area contributed by atoms with E-state index in [9.17, 15) is 14.4 Å². The normalized spacial score (nSPS) is 17.8. The molecule has 7 nitrogen and oxygen atoms in total. The molecule has 184 valence electrons. The monoisotopic (exact) mass is 476 g/mol. The van der Waals surface area contributed by atoms with Crippen LogP contribution < -0.4 is 5.32 Å². The van der Waals surface area contributed by atoms with Gasteiger partial charge in [0, 0.05) is 25.4 Å². The van der Waals surface area contributed by atoms with Crippen LogP contribution in [-0.4, -0.2) is 53.7 Å². The maximum absolute atomic E-state index is 13.1. The predicted molar refractivity (Wildman–Crippen MR) is 131 cm³/mol. The molecule has 3 aliphatic rings. The molecule has 35 heavy (non-hydrogen) atoms. The van der Waals surface area contributed by atoms with Gasteiger partial charge in [-0.1, -0.05) is 61.4 Å². The molecule has 7 heteroatoms. The first-order chi connectivity index (χ1) is 17.0. The van der Waals surface area contributed by atoms with Gasteiger partial charge in [-0.2, -0.15) is 0 Å². The third-order valence-corrected chi connectivity index (χ3v) is 7.47. The number of hydrogen-bond donors (Lipinski definition) is 2. The quantitative estimate of drug-likeness (QED) is 0.530. The van der Waals surface area contributed by atoms with Gasteiger partial charge in [0.15, 0.2) is 0 Å². The number of fused-ring (bicyclic) bond motifs is 3. The number of carbonyl (C=O) groups excluding carboxylic acids is 2. The minimum Gasteiger partial charge on any atom is -0.481 e. The molecule has 0 unspecified atom stereocenters. The zero-order chi connectivity index (χ0) is 24.4. The Labute approximate surface area is 205 Å². The maximum atomic E-state index is 13.1. The fourth-order valence-corrected chi connectivity index (χ4v) is 5.39. The van der Waals surface area contributed by atoms with Crippen molar-refractivity contribution in [2.75, 3.05) is 19.7 Å². The van der Waals surface area contributed by atoms with Crippen molar-refractivity contribution in [1.82, 2.24) is 10.2 Å². The van der Waals surface area contributed by atoms with Crippen LogP contribution in [0.2, 0.25) is 0 Å². The molecule has 2 N–H and O–H groups in total. The van der Waals surface area contributed by atoms with E-state index in [0.717, 1.165) is 30.4 Å². The van der Waals surface area contributed by atoms with Gasteiger partial charge in [0.05, 0.1) is 0 Å². The number of ether oxygens (including phenoxy) is 1. The molecule has 5 rings (SSSR count). The van der Waals surface area contributed by atoms with Crippen molar-refractivity contribution in [2.24, 2.45) is 11.8 Å². The minimum atomic E-state index is -0.783. The van der Waals surface area contributed by atoms with Gasteiger partial charge < -0.3 is 20.1 Å². The number of likely N-dealkylation sites (tertiary alicyclic amines) is 1. The summed E-state index contributed by atoms with van der Waals surface area (Å²) >= 11 is 0. The second kappa shape index (κ2) is 10.1. The van der Waals surface area contributed by atoms with Crippen molar-refractivity contribution in [2.45, 2.75) is 50.5 Å². The number of nitrogens with zero attached hydrogens (tertiary/aromatic N) is 1. The maximum Gasteiger partial charge on any atom is 0.407 e. The smallest absolute Gasteiger partial charge is 0.407 e. The number of hydrogen-bond acceptors (Lipinski definition) is 4. The molecule has 0 spiro atoms. The SMILES string of the molecule is O=C(O)CCCC1CN(C(=O)[C@H](CC2CC2)NC(=O)OCC2c3ccccc3-c3ccccc32)C1. The lowest BCUT2D eigenvalue weighted by Crippen LogP contribution is -2.57. The average Bonchev–Trinajstić information content (AvgIpc) is 3.58. The van der Waals surface area contributed by atoms with E-state index in [1.54, 1.807) is 4.90 Å². The Morgan fingerprint density at radius 2 is 1.60 bits per heavy atom. The van der Waals surface area contributed by atoms with Crippen molar-refractivity contribution in [3.05, 3.63) is 59.7 Å². The van der Waals surface area contributed by atoms with E-state index in [0.29, 0.717) is 37.8 Å². The molecule has 2 aromatic carbocycles. The van der Waals surface area contributed by atoms with Crippen molar-refractivity contribution >= 4 is 18.0 Å². The van der Waals surface area contributed by atoms with Crippen LogP contribution in [-0.2, 0) is 14.3 Å². The van der Waals surface area contributed by atoms with E-state index < -0.39 is 18.1 Å². The number of amides is 2. The summed E-state index contributed by atoms with van der Waals surface area (Å²) in [6, 6.07) is 15.8. The molecule has 1 heterocycles. The van der Waals surface area contributed by atoms with E-state index >= 15 is 0 Å². The van der Waals surface area contributed by atoms with Crippen molar-refractivity contribution in [3.63, 3.8) is 0 Å². The lowest BCUT2D eigenvalue weighted by molar-refractivity contribution is -0.141. The van der Waals surface area contributed by atoms with Crippen molar-refractivity contribution in [3.8, 4) is 11.1 Å². The molecule has 0 bridgehead atoms. The van der Waals surface area contributed by atoms with Gasteiger partial charge in [-0.05, 0) is 53.4 Å². The average molecular weight is 477 g/mol. The Bertz CT molecular complexity index is 1060. The Hall–Kier alpha value is -3.35. The molecule has 1 atom stereocenters. The number of nitrogens with one attached hydrogen (secondary N) is 1. The van der Waals surface area contributed by atoms with Gasteiger partial charge >= 0.3 is 12.1 Å². The molecular weight excluding hydrogens is 444 g/mol. The summed E-state index contributed by atoms with van der Waals surface area (Å²) < 4.78 is 5.67. The summed E-state index contributed by atoms with van der Waals surface area (Å²) in [5.41, 5.74) is 4.66. The molecule has 2 aliphatic carbocycles. The van der Waals surface area contributed by atoms with E-state index in [1.165, 1.54) is 11.1 Å². The van der Waals surface area contributed by atoms with E-state index in [-0.39, 0.29) is 24.9 Å². The zero-order valence-corrected chi connectivity index (χ0v) is 19.8. The van der Waals surface area contributed by atoms with E-state index in [2.05, 4.69) is 29.6 Å². The largest absolute Gasteiger partial charge is 0.481 e. The topological polar surface area (TPSA) is 95.9 Å². The number of aliphatic carboxylic acids is 1. The summed E-state index contributed by atoms with van der Waals surface area (Å²) in [5.74, 6) is -0.0404. The highest BCUT2D eigenvalue weighted by atomic mass is 16.5. The molecule has 0 radical (unpaired) electrons. The van der Waals surface area contributed by atoms with Gasteiger partial charge in [0.1, 0.15) is 12.6 Å². The van der Waals surface area contributed by atoms with Crippen LogP contribution in [0.1, 0.15) is 55.6 Å². The molecule has 1 saturated carbocycles. The van der Waals surface area contributed by atoms with Crippen LogP contribution in [0, 0.1) is 11.8 Å². The predicted octanol–water partition coefficient (Wildman–Crippen LogP) is 4.41. The summed E-state index contributed by atoms with van der Waals surface area (Å²) in [5, 5.41) is 11.6. The summed E-state index contributed by atoms with van der Waals surface area (Å²) in [6.07, 6.45) is 3.88. The first-order valence-electron chi connectivity index (χ1n) is 12.6. The van der Waals surface area contributed by atoms with Crippen LogP contribution in [0.15, 0.2) is 48.5 Å². The third-order valence-electron chi connectivity index (χ3n) is 7.47. The summed E-state index contributed by atoms with van der Waals surface area (Å²) in [4.78, 5) is 38.4. The lowest BCUT2D eigenvalue weighted by atomic mass is 9.92. The molecule has 0 aromatic heterocycles.